The molecule has 1 rings (SSSR count). The van der Waals surface area contributed by atoms with Crippen LogP contribution in [-0.2, 0) is 0 Å². The summed E-state index contributed by atoms with van der Waals surface area (Å²) in [5.74, 6) is 5.24. The summed E-state index contributed by atoms with van der Waals surface area (Å²) in [7, 11) is 1.61. The first-order valence-corrected chi connectivity index (χ1v) is 3.31. The molecule has 0 saturated carbocycles. The number of nitrogens with one attached hydrogen (secondary N) is 1. The molecule has 1 aromatic rings. The Morgan fingerprint density at radius 2 is 2.36 bits per heavy atom. The van der Waals surface area contributed by atoms with Crippen LogP contribution in [0.1, 0.15) is 5.56 Å². The first-order chi connectivity index (χ1) is 5.27. The van der Waals surface area contributed by atoms with Crippen LogP contribution < -0.4 is 20.8 Å². The van der Waals surface area contributed by atoms with Gasteiger partial charge in [-0.05, 0) is 6.92 Å². The fraction of sp³-hybridized carbons (Fsp3) is 0.286. The second kappa shape index (κ2) is 3.21. The molecule has 0 aliphatic rings. The summed E-state index contributed by atoms with van der Waals surface area (Å²) in [6, 6.07) is 1.85. The van der Waals surface area contributed by atoms with Gasteiger partial charge in [-0.25, -0.2) is 0 Å². The Morgan fingerprint density at radius 3 is 2.82 bits per heavy atom. The number of hydrogen-bond donors (Lipinski definition) is 2. The van der Waals surface area contributed by atoms with E-state index < -0.39 is 0 Å². The molecule has 4 nitrogen and oxygen atoms in total. The third-order valence-corrected chi connectivity index (χ3v) is 1.50. The zero-order valence-corrected chi connectivity index (χ0v) is 6.66. The zero-order valence-electron chi connectivity index (χ0n) is 6.66. The standard InChI is InChI=1S/C7H11N3O/c1-6-5-10(11-2)4-3-7(6)9-8/h3-5H,8H2,1-2H3/p+1. The third kappa shape index (κ3) is 1.59. The molecule has 60 valence electrons. The smallest absolute Gasteiger partial charge is 0.227 e. The lowest BCUT2D eigenvalue weighted by molar-refractivity contribution is -0.885. The molecule has 1 aromatic heterocycles. The summed E-state index contributed by atoms with van der Waals surface area (Å²) in [6.07, 6.45) is 3.62. The molecule has 4 heteroatoms. The molecule has 0 bridgehead atoms. The van der Waals surface area contributed by atoms with Gasteiger partial charge in [-0.15, -0.1) is 0 Å². The van der Waals surface area contributed by atoms with Gasteiger partial charge >= 0.3 is 0 Å². The lowest BCUT2D eigenvalue weighted by atomic mass is 10.3. The molecular weight excluding hydrogens is 142 g/mol. The highest BCUT2D eigenvalue weighted by Crippen LogP contribution is 2.07. The van der Waals surface area contributed by atoms with Crippen molar-refractivity contribution in [2.24, 2.45) is 5.84 Å². The minimum atomic E-state index is 0.901. The first-order valence-electron chi connectivity index (χ1n) is 3.31. The minimum Gasteiger partial charge on any atom is -0.323 e. The van der Waals surface area contributed by atoms with Gasteiger partial charge in [0, 0.05) is 16.4 Å². The Hall–Kier alpha value is -1.29. The molecule has 0 amide bonds. The van der Waals surface area contributed by atoms with Crippen molar-refractivity contribution < 1.29 is 9.57 Å². The van der Waals surface area contributed by atoms with Crippen LogP contribution in [0.15, 0.2) is 18.5 Å². The van der Waals surface area contributed by atoms with Gasteiger partial charge < -0.3 is 5.43 Å². The highest BCUT2D eigenvalue weighted by molar-refractivity contribution is 5.45. The van der Waals surface area contributed by atoms with Gasteiger partial charge in [0.2, 0.25) is 12.4 Å². The highest BCUT2D eigenvalue weighted by Gasteiger charge is 2.03. The maximum absolute atomic E-state index is 5.24. The van der Waals surface area contributed by atoms with Gasteiger partial charge in [-0.1, -0.05) is 0 Å². The summed E-state index contributed by atoms with van der Waals surface area (Å²) < 4.78 is 1.61. The van der Waals surface area contributed by atoms with Gasteiger partial charge in [-0.2, -0.15) is 0 Å². The molecule has 0 aromatic carbocycles. The van der Waals surface area contributed by atoms with Crippen molar-refractivity contribution in [2.75, 3.05) is 12.5 Å². The van der Waals surface area contributed by atoms with Crippen molar-refractivity contribution in [1.82, 2.24) is 0 Å². The fourth-order valence-electron chi connectivity index (χ4n) is 0.858. The number of anilines is 1. The van der Waals surface area contributed by atoms with Crippen molar-refractivity contribution in [2.45, 2.75) is 6.92 Å². The fourth-order valence-corrected chi connectivity index (χ4v) is 0.858. The third-order valence-electron chi connectivity index (χ3n) is 1.50. The maximum atomic E-state index is 5.24. The number of rotatable bonds is 2. The van der Waals surface area contributed by atoms with E-state index in [0.29, 0.717) is 0 Å². The van der Waals surface area contributed by atoms with Crippen LogP contribution in [0.3, 0.4) is 0 Å². The second-order valence-electron chi connectivity index (χ2n) is 2.23. The van der Waals surface area contributed by atoms with Crippen LogP contribution in [0.4, 0.5) is 5.69 Å². The second-order valence-corrected chi connectivity index (χ2v) is 2.23. The maximum Gasteiger partial charge on any atom is 0.227 e. The van der Waals surface area contributed by atoms with Gasteiger partial charge in [-0.3, -0.25) is 10.7 Å². The molecule has 0 fully saturated rings. The Labute approximate surface area is 65.5 Å². The van der Waals surface area contributed by atoms with E-state index in [1.54, 1.807) is 18.0 Å². The van der Waals surface area contributed by atoms with Crippen LogP contribution in [0.5, 0.6) is 0 Å². The molecule has 0 unspecified atom stereocenters. The predicted octanol–water partition coefficient (Wildman–Crippen LogP) is -0.373. The van der Waals surface area contributed by atoms with Crippen LogP contribution >= 0.6 is 0 Å². The van der Waals surface area contributed by atoms with Crippen molar-refractivity contribution in [3.05, 3.63) is 24.0 Å². The number of nitrogens with two attached hydrogens (primary N) is 1. The van der Waals surface area contributed by atoms with Crippen LogP contribution in [0.25, 0.3) is 0 Å². The highest BCUT2D eigenvalue weighted by atomic mass is 16.6. The van der Waals surface area contributed by atoms with Gasteiger partial charge in [0.1, 0.15) is 7.11 Å². The number of nitrogen functional groups attached to an aromatic ring is 1. The number of nitrogens with zero attached hydrogens (tertiary/aromatic N) is 1. The van der Waals surface area contributed by atoms with Crippen molar-refractivity contribution >= 4 is 5.69 Å². The molecule has 1 heterocycles. The van der Waals surface area contributed by atoms with Crippen molar-refractivity contribution in [3.63, 3.8) is 0 Å². The van der Waals surface area contributed by atoms with E-state index in [1.807, 2.05) is 19.2 Å². The van der Waals surface area contributed by atoms with Gasteiger partial charge in [0.25, 0.3) is 0 Å². The van der Waals surface area contributed by atoms with E-state index in [9.17, 15) is 0 Å². The predicted molar refractivity (Wildman–Crippen MR) is 41.7 cm³/mol. The van der Waals surface area contributed by atoms with E-state index in [4.69, 9.17) is 10.7 Å². The lowest BCUT2D eigenvalue weighted by Crippen LogP contribution is -2.40. The summed E-state index contributed by atoms with van der Waals surface area (Å²) in [5.41, 5.74) is 4.52. The molecule has 3 N–H and O–H groups in total. The first kappa shape index (κ1) is 7.81. The monoisotopic (exact) mass is 154 g/mol. The number of hydrogen-bond acceptors (Lipinski definition) is 3. The van der Waals surface area contributed by atoms with Crippen LogP contribution in [-0.4, -0.2) is 7.11 Å². The lowest BCUT2D eigenvalue weighted by Gasteiger charge is -2.00. The normalized spacial score (nSPS) is 9.36. The Kier molecular flexibility index (Phi) is 2.28. The van der Waals surface area contributed by atoms with E-state index in [2.05, 4.69) is 5.43 Å². The summed E-state index contributed by atoms with van der Waals surface area (Å²) in [4.78, 5) is 4.94. The summed E-state index contributed by atoms with van der Waals surface area (Å²) >= 11 is 0. The number of aryl methyl sites for hydroxylation is 1. The SMILES string of the molecule is CO[n+]1ccc(NN)c(C)c1. The Bertz CT molecular complexity index is 249. The molecule has 0 aliphatic heterocycles. The molecule has 0 aliphatic carbocycles. The Balaban J connectivity index is 2.99. The molecule has 11 heavy (non-hydrogen) atoms. The van der Waals surface area contributed by atoms with Gasteiger partial charge in [0.15, 0.2) is 0 Å². The van der Waals surface area contributed by atoms with Crippen LogP contribution in [0.2, 0.25) is 0 Å². The number of hydrazine groups is 1. The summed E-state index contributed by atoms with van der Waals surface area (Å²) in [6.45, 7) is 1.95. The largest absolute Gasteiger partial charge is 0.323 e. The van der Waals surface area contributed by atoms with E-state index in [1.165, 1.54) is 0 Å². The topological polar surface area (TPSA) is 51.2 Å². The van der Waals surface area contributed by atoms with Gasteiger partial charge in [0.05, 0.1) is 5.69 Å². The van der Waals surface area contributed by atoms with Crippen molar-refractivity contribution in [1.29, 1.82) is 0 Å². The molecular formula is C7H12N3O+. The molecule has 0 radical (unpaired) electrons. The number of pyridine rings is 1. The molecule has 0 spiro atoms. The van der Waals surface area contributed by atoms with E-state index in [-0.39, 0.29) is 0 Å². The molecule has 0 atom stereocenters. The van der Waals surface area contributed by atoms with E-state index in [0.717, 1.165) is 11.3 Å². The summed E-state index contributed by atoms with van der Waals surface area (Å²) in [5, 5.41) is 0. The van der Waals surface area contributed by atoms with Crippen molar-refractivity contribution in [3.8, 4) is 0 Å². The average Bonchev–Trinajstić information content (AvgIpc) is 2.04. The van der Waals surface area contributed by atoms with Crippen LogP contribution in [0, 0.1) is 6.92 Å². The Morgan fingerprint density at radius 1 is 1.64 bits per heavy atom. The van der Waals surface area contributed by atoms with E-state index >= 15 is 0 Å². The zero-order chi connectivity index (χ0) is 8.27. The molecule has 0 saturated heterocycles. The number of aromatic nitrogens is 1. The quantitative estimate of drug-likeness (QED) is 0.347. The average molecular weight is 154 g/mol. The minimum absolute atomic E-state index is 0.901.